The molecule has 3 heterocycles. The van der Waals surface area contributed by atoms with E-state index in [2.05, 4.69) is 35.5 Å². The Balaban J connectivity index is 1.80. The van der Waals surface area contributed by atoms with E-state index in [-0.39, 0.29) is 0 Å². The van der Waals surface area contributed by atoms with Crippen molar-refractivity contribution >= 4 is 45.8 Å². The number of hydrogen-bond acceptors (Lipinski definition) is 6. The summed E-state index contributed by atoms with van der Waals surface area (Å²) in [6.45, 7) is 0. The lowest BCUT2D eigenvalue weighted by atomic mass is 10.3. The molecule has 0 atom stereocenters. The lowest BCUT2D eigenvalue weighted by Gasteiger charge is -2.15. The number of H-pyrrole nitrogens is 2. The van der Waals surface area contributed by atoms with Crippen molar-refractivity contribution in [3.8, 4) is 0 Å². The quantitative estimate of drug-likeness (QED) is 0.527. The van der Waals surface area contributed by atoms with Crippen LogP contribution in [0.1, 0.15) is 0 Å². The zero-order chi connectivity index (χ0) is 16.5. The molecule has 0 amide bonds. The maximum Gasteiger partial charge on any atom is 0.169 e. The largest absolute Gasteiger partial charge is 0.339 e. The van der Waals surface area contributed by atoms with Gasteiger partial charge < -0.3 is 15.2 Å². The highest BCUT2D eigenvalue weighted by atomic mass is 35.5. The second-order valence-electron chi connectivity index (χ2n) is 5.12. The lowest BCUT2D eigenvalue weighted by Crippen LogP contribution is -2.11. The molecule has 24 heavy (non-hydrogen) atoms. The molecule has 1 aromatic carbocycles. The average molecular weight is 341 g/mol. The zero-order valence-electron chi connectivity index (χ0n) is 12.7. The topological polar surface area (TPSA) is 98.4 Å². The molecule has 0 radical (unpaired) electrons. The van der Waals surface area contributed by atoms with Gasteiger partial charge >= 0.3 is 0 Å². The van der Waals surface area contributed by atoms with Crippen LogP contribution in [0.5, 0.6) is 0 Å². The molecule has 0 saturated carbocycles. The highest BCUT2D eigenvalue weighted by molar-refractivity contribution is 6.30. The number of benzene rings is 1. The van der Waals surface area contributed by atoms with Crippen molar-refractivity contribution in [2.75, 3.05) is 17.3 Å². The van der Waals surface area contributed by atoms with Crippen LogP contribution in [0.25, 0.3) is 11.0 Å². The highest BCUT2D eigenvalue weighted by Gasteiger charge is 2.18. The SMILES string of the molecule is CN(c1cnc[nH]1)c1n[nH]c2ncnc(Nc3cccc(Cl)c3)c12. The second kappa shape index (κ2) is 5.82. The van der Waals surface area contributed by atoms with Gasteiger partial charge in [-0.25, -0.2) is 15.0 Å². The van der Waals surface area contributed by atoms with E-state index in [4.69, 9.17) is 11.6 Å². The highest BCUT2D eigenvalue weighted by Crippen LogP contribution is 2.32. The Kier molecular flexibility index (Phi) is 3.51. The summed E-state index contributed by atoms with van der Waals surface area (Å²) in [5.41, 5.74) is 1.47. The molecule has 3 N–H and O–H groups in total. The smallest absolute Gasteiger partial charge is 0.169 e. The average Bonchev–Trinajstić information content (AvgIpc) is 3.25. The number of fused-ring (bicyclic) bond motifs is 1. The molecule has 0 aliphatic rings. The van der Waals surface area contributed by atoms with Crippen molar-refractivity contribution in [2.45, 2.75) is 0 Å². The summed E-state index contributed by atoms with van der Waals surface area (Å²) in [5.74, 6) is 2.12. The molecule has 0 aliphatic carbocycles. The van der Waals surface area contributed by atoms with Crippen LogP contribution in [0.3, 0.4) is 0 Å². The van der Waals surface area contributed by atoms with Crippen molar-refractivity contribution in [1.29, 1.82) is 0 Å². The minimum absolute atomic E-state index is 0.635. The summed E-state index contributed by atoms with van der Waals surface area (Å²) in [4.78, 5) is 17.5. The predicted molar refractivity (Wildman–Crippen MR) is 93.1 cm³/mol. The van der Waals surface area contributed by atoms with Gasteiger partial charge in [0.25, 0.3) is 0 Å². The van der Waals surface area contributed by atoms with E-state index in [0.717, 1.165) is 16.9 Å². The summed E-state index contributed by atoms with van der Waals surface area (Å²) in [6.07, 6.45) is 4.81. The third-order valence-electron chi connectivity index (χ3n) is 3.59. The maximum absolute atomic E-state index is 6.05. The second-order valence-corrected chi connectivity index (χ2v) is 5.56. The molecule has 0 spiro atoms. The van der Waals surface area contributed by atoms with Crippen molar-refractivity contribution in [3.63, 3.8) is 0 Å². The van der Waals surface area contributed by atoms with Crippen LogP contribution < -0.4 is 10.2 Å². The number of aromatic nitrogens is 6. The van der Waals surface area contributed by atoms with Crippen LogP contribution in [0.4, 0.5) is 23.1 Å². The maximum atomic E-state index is 6.05. The fraction of sp³-hybridized carbons (Fsp3) is 0.0667. The Morgan fingerprint density at radius 2 is 2.17 bits per heavy atom. The zero-order valence-corrected chi connectivity index (χ0v) is 13.4. The Hall–Kier alpha value is -3.13. The predicted octanol–water partition coefficient (Wildman–Crippen LogP) is 3.24. The number of imidazole rings is 1. The number of rotatable bonds is 4. The number of halogens is 1. The minimum atomic E-state index is 0.635. The van der Waals surface area contributed by atoms with Gasteiger partial charge in [-0.1, -0.05) is 17.7 Å². The molecule has 3 aromatic heterocycles. The number of hydrogen-bond donors (Lipinski definition) is 3. The summed E-state index contributed by atoms with van der Waals surface area (Å²) in [7, 11) is 1.89. The van der Waals surface area contributed by atoms with Gasteiger partial charge in [-0.05, 0) is 18.2 Å². The van der Waals surface area contributed by atoms with E-state index in [9.17, 15) is 0 Å². The van der Waals surface area contributed by atoms with Gasteiger partial charge in [0.2, 0.25) is 0 Å². The summed E-state index contributed by atoms with van der Waals surface area (Å²) >= 11 is 6.05. The third kappa shape index (κ3) is 2.52. The summed E-state index contributed by atoms with van der Waals surface area (Å²) in [5, 5.41) is 12.0. The van der Waals surface area contributed by atoms with Crippen LogP contribution >= 0.6 is 11.6 Å². The molecule has 0 saturated heterocycles. The van der Waals surface area contributed by atoms with Gasteiger partial charge in [-0.3, -0.25) is 5.10 Å². The molecule has 4 aromatic rings. The van der Waals surface area contributed by atoms with Gasteiger partial charge in [0.1, 0.15) is 23.3 Å². The van der Waals surface area contributed by atoms with E-state index in [0.29, 0.717) is 22.3 Å². The van der Waals surface area contributed by atoms with Crippen molar-refractivity contribution in [3.05, 3.63) is 48.1 Å². The molecule has 0 unspecified atom stereocenters. The van der Waals surface area contributed by atoms with E-state index >= 15 is 0 Å². The molecule has 0 fully saturated rings. The number of anilines is 4. The standard InChI is InChI=1S/C15H13ClN8/c1-24(11-6-17-7-18-11)15-12-13(19-8-20-14(12)22-23-15)21-10-4-2-3-9(16)5-10/h2-8H,1H3,(H,17,18)(H2,19,20,21,22,23). The lowest BCUT2D eigenvalue weighted by molar-refractivity contribution is 1.03. The summed E-state index contributed by atoms with van der Waals surface area (Å²) in [6, 6.07) is 7.43. The van der Waals surface area contributed by atoms with Crippen LogP contribution in [0.2, 0.25) is 5.02 Å². The fourth-order valence-electron chi connectivity index (χ4n) is 2.43. The molecule has 9 heteroatoms. The minimum Gasteiger partial charge on any atom is -0.339 e. The molecular formula is C15H13ClN8. The van der Waals surface area contributed by atoms with Crippen LogP contribution in [0.15, 0.2) is 43.1 Å². The van der Waals surface area contributed by atoms with Crippen LogP contribution in [-0.2, 0) is 0 Å². The number of aromatic amines is 2. The molecular weight excluding hydrogens is 328 g/mol. The molecule has 120 valence electrons. The van der Waals surface area contributed by atoms with Crippen LogP contribution in [-0.4, -0.2) is 37.2 Å². The van der Waals surface area contributed by atoms with Gasteiger partial charge in [-0.15, -0.1) is 0 Å². The van der Waals surface area contributed by atoms with Gasteiger partial charge in [0, 0.05) is 17.8 Å². The van der Waals surface area contributed by atoms with E-state index in [1.54, 1.807) is 12.5 Å². The first kappa shape index (κ1) is 14.5. The molecule has 0 aliphatic heterocycles. The van der Waals surface area contributed by atoms with Gasteiger partial charge in [0.15, 0.2) is 11.5 Å². The number of nitrogens with zero attached hydrogens (tertiary/aromatic N) is 5. The van der Waals surface area contributed by atoms with E-state index in [1.807, 2.05) is 36.2 Å². The van der Waals surface area contributed by atoms with E-state index < -0.39 is 0 Å². The first-order chi connectivity index (χ1) is 11.7. The molecule has 8 nitrogen and oxygen atoms in total. The molecule has 0 bridgehead atoms. The normalized spacial score (nSPS) is 10.9. The Bertz CT molecular complexity index is 978. The summed E-state index contributed by atoms with van der Waals surface area (Å²) < 4.78 is 0. The van der Waals surface area contributed by atoms with Crippen molar-refractivity contribution < 1.29 is 0 Å². The Morgan fingerprint density at radius 3 is 2.96 bits per heavy atom. The van der Waals surface area contributed by atoms with Gasteiger partial charge in [-0.2, -0.15) is 5.10 Å². The van der Waals surface area contributed by atoms with Crippen LogP contribution in [0, 0.1) is 0 Å². The first-order valence-electron chi connectivity index (χ1n) is 7.16. The third-order valence-corrected chi connectivity index (χ3v) is 3.82. The van der Waals surface area contributed by atoms with Gasteiger partial charge in [0.05, 0.1) is 12.5 Å². The first-order valence-corrected chi connectivity index (χ1v) is 7.54. The van der Waals surface area contributed by atoms with Crippen molar-refractivity contribution in [1.82, 2.24) is 30.1 Å². The number of nitrogens with one attached hydrogen (secondary N) is 3. The van der Waals surface area contributed by atoms with Crippen molar-refractivity contribution in [2.24, 2.45) is 0 Å². The monoisotopic (exact) mass is 340 g/mol. The molecule has 4 rings (SSSR count). The Morgan fingerprint density at radius 1 is 1.25 bits per heavy atom. The Labute approximate surface area is 141 Å². The van der Waals surface area contributed by atoms with E-state index in [1.165, 1.54) is 6.33 Å². The fourth-order valence-corrected chi connectivity index (χ4v) is 2.62.